The third-order valence-corrected chi connectivity index (χ3v) is 5.52. The van der Waals surface area contributed by atoms with Crippen LogP contribution >= 0.6 is 23.6 Å². The number of carbonyl (C=O) groups excluding carboxylic acids is 2. The fraction of sp³-hybridized carbons (Fsp3) is 0.368. The van der Waals surface area contributed by atoms with Gasteiger partial charge in [-0.2, -0.15) is 0 Å². The minimum atomic E-state index is -1.06. The first kappa shape index (κ1) is 23.5. The third-order valence-electron chi connectivity index (χ3n) is 4.42. The highest BCUT2D eigenvalue weighted by molar-refractivity contribution is 7.80. The Hall–Kier alpha value is -3.19. The van der Waals surface area contributed by atoms with Crippen LogP contribution in [0.2, 0.25) is 0 Å². The molecule has 0 aliphatic carbocycles. The quantitative estimate of drug-likeness (QED) is 0.460. The monoisotopic (exact) mass is 481 g/mol. The molecule has 2 heterocycles. The van der Waals surface area contributed by atoms with Crippen molar-refractivity contribution in [3.8, 4) is 10.6 Å². The second kappa shape index (κ2) is 10.4. The van der Waals surface area contributed by atoms with Gasteiger partial charge < -0.3 is 20.5 Å². The Morgan fingerprint density at radius 2 is 2.12 bits per heavy atom. The van der Waals surface area contributed by atoms with Crippen molar-refractivity contribution in [3.63, 3.8) is 0 Å². The van der Waals surface area contributed by atoms with Crippen LogP contribution in [0, 0.1) is 5.82 Å². The topological polar surface area (TPSA) is 134 Å². The van der Waals surface area contributed by atoms with Gasteiger partial charge in [-0.15, -0.1) is 10.2 Å². The van der Waals surface area contributed by atoms with Gasteiger partial charge in [0, 0.05) is 12.0 Å². The van der Waals surface area contributed by atoms with Gasteiger partial charge in [0.25, 0.3) is 0 Å². The van der Waals surface area contributed by atoms with E-state index < -0.39 is 29.9 Å². The number of aromatic nitrogens is 2. The fourth-order valence-corrected chi connectivity index (χ4v) is 3.75. The highest BCUT2D eigenvalue weighted by atomic mass is 32.1. The van der Waals surface area contributed by atoms with E-state index in [0.29, 0.717) is 27.2 Å². The summed E-state index contributed by atoms with van der Waals surface area (Å²) in [6, 6.07) is 4.32. The summed E-state index contributed by atoms with van der Waals surface area (Å²) in [6.45, 7) is 2.42. The minimum Gasteiger partial charge on any atom is -0.481 e. The van der Waals surface area contributed by atoms with Crippen LogP contribution in [-0.4, -0.2) is 57.5 Å². The summed E-state index contributed by atoms with van der Waals surface area (Å²) in [4.78, 5) is 36.2. The van der Waals surface area contributed by atoms with Crippen molar-refractivity contribution < 1.29 is 28.6 Å². The lowest BCUT2D eigenvalue weighted by atomic mass is 10.2. The van der Waals surface area contributed by atoms with E-state index in [2.05, 4.69) is 20.8 Å². The Morgan fingerprint density at radius 3 is 2.81 bits per heavy atom. The number of anilines is 1. The largest absolute Gasteiger partial charge is 0.481 e. The molecule has 1 aliphatic heterocycles. The lowest BCUT2D eigenvalue weighted by Crippen LogP contribution is -2.32. The van der Waals surface area contributed by atoms with Crippen LogP contribution in [0.15, 0.2) is 18.2 Å². The number of hydrogen-bond donors (Lipinski definition) is 3. The Balaban J connectivity index is 1.62. The third kappa shape index (κ3) is 6.17. The van der Waals surface area contributed by atoms with E-state index in [0.717, 1.165) is 11.3 Å². The Labute approximate surface area is 191 Å². The Kier molecular flexibility index (Phi) is 7.64. The average Bonchev–Trinajstić information content (AvgIpc) is 3.35. The van der Waals surface area contributed by atoms with Crippen molar-refractivity contribution in [1.82, 2.24) is 20.8 Å². The molecule has 10 nitrogen and oxygen atoms in total. The van der Waals surface area contributed by atoms with Crippen molar-refractivity contribution in [2.75, 3.05) is 18.0 Å². The summed E-state index contributed by atoms with van der Waals surface area (Å²) >= 11 is 6.04. The molecule has 2 aromatic rings. The van der Waals surface area contributed by atoms with Crippen molar-refractivity contribution in [1.29, 1.82) is 0 Å². The maximum Gasteiger partial charge on any atom is 0.414 e. The van der Waals surface area contributed by atoms with Crippen molar-refractivity contribution in [3.05, 3.63) is 29.0 Å². The number of carbonyl (C=O) groups is 3. The molecule has 1 atom stereocenters. The molecule has 1 aromatic heterocycles. The molecular formula is C19H20FN5O5S2. The number of halogens is 1. The number of carboxylic acid groups (broad SMARTS) is 1. The zero-order valence-corrected chi connectivity index (χ0v) is 18.6. The first-order chi connectivity index (χ1) is 15.2. The molecular weight excluding hydrogens is 461 g/mol. The molecule has 13 heteroatoms. The minimum absolute atomic E-state index is 0.0616. The molecule has 3 N–H and O–H groups in total. The van der Waals surface area contributed by atoms with Gasteiger partial charge >= 0.3 is 12.1 Å². The van der Waals surface area contributed by atoms with Crippen LogP contribution in [0.1, 0.15) is 24.8 Å². The number of ether oxygens (including phenoxy) is 1. The molecule has 0 bridgehead atoms. The summed E-state index contributed by atoms with van der Waals surface area (Å²) in [5.74, 6) is -2.07. The van der Waals surface area contributed by atoms with E-state index in [4.69, 9.17) is 22.1 Å². The second-order valence-electron chi connectivity index (χ2n) is 6.89. The molecule has 1 saturated heterocycles. The number of cyclic esters (lactones) is 1. The summed E-state index contributed by atoms with van der Waals surface area (Å²) in [5.41, 5.74) is 0.560. The van der Waals surface area contributed by atoms with Crippen LogP contribution in [0.4, 0.5) is 14.9 Å². The molecule has 0 unspecified atom stereocenters. The van der Waals surface area contributed by atoms with E-state index in [1.807, 2.05) is 0 Å². The number of amides is 2. The van der Waals surface area contributed by atoms with E-state index in [1.54, 1.807) is 13.0 Å². The maximum atomic E-state index is 14.8. The number of aliphatic carboxylic acids is 1. The fourth-order valence-electron chi connectivity index (χ4n) is 2.86. The molecule has 3 rings (SSSR count). The van der Waals surface area contributed by atoms with Gasteiger partial charge in [-0.05, 0) is 25.1 Å². The smallest absolute Gasteiger partial charge is 0.414 e. The van der Waals surface area contributed by atoms with Crippen molar-refractivity contribution in [2.24, 2.45) is 0 Å². The van der Waals surface area contributed by atoms with Gasteiger partial charge in [-0.1, -0.05) is 23.6 Å². The Bertz CT molecular complexity index is 1050. The standard InChI is InChI=1S/C19H20FN5O5S2/c1-10(31)21-7-12-9-25(19(29)30-12)11-2-3-13(14(20)6-11)18-24-23-16(32-18)8-22-15(26)4-5-17(27)28/h2-3,6,12H,4-5,7-9H2,1H3,(H,21,31)(H,22,26)(H,27,28)/t12-/m0/s1. The number of thiocarbonyl (C=S) groups is 1. The predicted octanol–water partition coefficient (Wildman–Crippen LogP) is 2.09. The van der Waals surface area contributed by atoms with E-state index >= 15 is 0 Å². The van der Waals surface area contributed by atoms with E-state index in [9.17, 15) is 18.8 Å². The lowest BCUT2D eigenvalue weighted by Gasteiger charge is -2.14. The van der Waals surface area contributed by atoms with Gasteiger partial charge in [0.1, 0.15) is 16.9 Å². The zero-order chi connectivity index (χ0) is 23.3. The predicted molar refractivity (Wildman–Crippen MR) is 118 cm³/mol. The van der Waals surface area contributed by atoms with Gasteiger partial charge in [0.2, 0.25) is 5.91 Å². The van der Waals surface area contributed by atoms with Crippen LogP contribution in [-0.2, 0) is 20.9 Å². The number of carboxylic acids is 1. The van der Waals surface area contributed by atoms with Crippen LogP contribution < -0.4 is 15.5 Å². The first-order valence-electron chi connectivity index (χ1n) is 9.56. The molecule has 0 radical (unpaired) electrons. The number of rotatable bonds is 9. The molecule has 170 valence electrons. The van der Waals surface area contributed by atoms with Gasteiger partial charge in [-0.25, -0.2) is 9.18 Å². The highest BCUT2D eigenvalue weighted by Gasteiger charge is 2.32. The molecule has 1 aromatic carbocycles. The second-order valence-corrected chi connectivity index (χ2v) is 8.56. The van der Waals surface area contributed by atoms with Gasteiger partial charge in [0.05, 0.1) is 36.7 Å². The normalized spacial score (nSPS) is 15.4. The molecule has 0 spiro atoms. The Morgan fingerprint density at radius 1 is 1.34 bits per heavy atom. The number of hydrogen-bond acceptors (Lipinski definition) is 8. The van der Waals surface area contributed by atoms with Gasteiger partial charge in [-0.3, -0.25) is 14.5 Å². The van der Waals surface area contributed by atoms with Crippen LogP contribution in [0.25, 0.3) is 10.6 Å². The lowest BCUT2D eigenvalue weighted by molar-refractivity contribution is -0.138. The summed E-state index contributed by atoms with van der Waals surface area (Å²) in [6.07, 6.45) is -1.38. The van der Waals surface area contributed by atoms with Crippen LogP contribution in [0.3, 0.4) is 0 Å². The molecule has 1 fully saturated rings. The number of benzene rings is 1. The van der Waals surface area contributed by atoms with E-state index in [-0.39, 0.29) is 31.5 Å². The average molecular weight is 482 g/mol. The van der Waals surface area contributed by atoms with Crippen molar-refractivity contribution >= 4 is 52.2 Å². The SMILES string of the molecule is CC(=S)NC[C@H]1CN(c2ccc(-c3nnc(CNC(=O)CCC(=O)O)s3)c(F)c2)C(=O)O1. The summed E-state index contributed by atoms with van der Waals surface area (Å²) < 4.78 is 20.0. The molecule has 2 amide bonds. The van der Waals surface area contributed by atoms with E-state index in [1.165, 1.54) is 17.0 Å². The summed E-state index contributed by atoms with van der Waals surface area (Å²) in [5, 5.41) is 22.7. The highest BCUT2D eigenvalue weighted by Crippen LogP contribution is 2.30. The van der Waals surface area contributed by atoms with Crippen molar-refractivity contribution in [2.45, 2.75) is 32.4 Å². The summed E-state index contributed by atoms with van der Waals surface area (Å²) in [7, 11) is 0. The van der Waals surface area contributed by atoms with Crippen LogP contribution in [0.5, 0.6) is 0 Å². The zero-order valence-electron chi connectivity index (χ0n) is 17.0. The number of nitrogens with zero attached hydrogens (tertiary/aromatic N) is 3. The molecule has 0 saturated carbocycles. The first-order valence-corrected chi connectivity index (χ1v) is 10.8. The maximum absolute atomic E-state index is 14.8. The molecule has 1 aliphatic rings. The molecule has 32 heavy (non-hydrogen) atoms. The number of nitrogens with one attached hydrogen (secondary N) is 2. The van der Waals surface area contributed by atoms with Gasteiger partial charge in [0.15, 0.2) is 5.01 Å².